The minimum atomic E-state index is 0.00547. The maximum atomic E-state index is 12.7. The van der Waals surface area contributed by atoms with Crippen molar-refractivity contribution in [1.29, 1.82) is 0 Å². The first-order valence-corrected chi connectivity index (χ1v) is 10.9. The molecule has 1 aromatic rings. The Labute approximate surface area is 172 Å². The van der Waals surface area contributed by atoms with Crippen LogP contribution in [0.4, 0.5) is 0 Å². The van der Waals surface area contributed by atoms with Gasteiger partial charge in [0.2, 0.25) is 0 Å². The van der Waals surface area contributed by atoms with Gasteiger partial charge in [-0.25, -0.2) is 0 Å². The molecular formula is C23H30N2O4. The second kappa shape index (κ2) is 8.09. The van der Waals surface area contributed by atoms with Gasteiger partial charge in [-0.3, -0.25) is 9.69 Å². The van der Waals surface area contributed by atoms with E-state index in [-0.39, 0.29) is 18.1 Å². The molecule has 0 atom stereocenters. The molecule has 156 valence electrons. The van der Waals surface area contributed by atoms with Crippen LogP contribution in [0.2, 0.25) is 0 Å². The van der Waals surface area contributed by atoms with Gasteiger partial charge < -0.3 is 19.1 Å². The number of methoxy groups -OCH3 is 1. The molecule has 29 heavy (non-hydrogen) atoms. The third kappa shape index (κ3) is 4.20. The van der Waals surface area contributed by atoms with Crippen molar-refractivity contribution in [3.8, 4) is 5.75 Å². The van der Waals surface area contributed by atoms with E-state index in [1.807, 2.05) is 23.1 Å². The van der Waals surface area contributed by atoms with E-state index in [4.69, 9.17) is 14.2 Å². The smallest absolute Gasteiger partial charge is 0.289 e. The highest BCUT2D eigenvalue weighted by molar-refractivity contribution is 5.94. The highest BCUT2D eigenvalue weighted by Crippen LogP contribution is 2.40. The van der Waals surface area contributed by atoms with Crippen LogP contribution in [0.3, 0.4) is 0 Å². The molecular weight excluding hydrogens is 368 g/mol. The number of nitrogens with zero attached hydrogens (tertiary/aromatic N) is 2. The molecule has 0 aromatic heterocycles. The van der Waals surface area contributed by atoms with Crippen molar-refractivity contribution < 1.29 is 19.0 Å². The summed E-state index contributed by atoms with van der Waals surface area (Å²) in [4.78, 5) is 17.0. The summed E-state index contributed by atoms with van der Waals surface area (Å²) < 4.78 is 17.1. The van der Waals surface area contributed by atoms with Crippen molar-refractivity contribution in [2.24, 2.45) is 0 Å². The minimum absolute atomic E-state index is 0.00547. The summed E-state index contributed by atoms with van der Waals surface area (Å²) in [6.07, 6.45) is 6.99. The Hall–Kier alpha value is -1.89. The number of amides is 1. The maximum absolute atomic E-state index is 12.7. The van der Waals surface area contributed by atoms with Gasteiger partial charge in [-0.2, -0.15) is 0 Å². The van der Waals surface area contributed by atoms with Gasteiger partial charge in [0.25, 0.3) is 5.91 Å². The van der Waals surface area contributed by atoms with Crippen LogP contribution in [0.25, 0.3) is 0 Å². The number of likely N-dealkylation sites (tertiary alicyclic amines) is 1. The zero-order valence-corrected chi connectivity index (χ0v) is 17.1. The standard InChI is InChI=1S/C23H30N2O4/c1-27-21-14-24(15-21)10-11-28-20-12-18(13-20)25-9-8-22(23(25)26)29-19-6-4-17(5-7-19)16-2-3-16/h4-8,16,18,20-21H,2-3,9-15H2,1H3. The lowest BCUT2D eigenvalue weighted by Crippen LogP contribution is -2.53. The van der Waals surface area contributed by atoms with Gasteiger partial charge in [0.15, 0.2) is 5.76 Å². The average Bonchev–Trinajstić information content (AvgIpc) is 3.45. The molecule has 2 aliphatic heterocycles. The fraction of sp³-hybridized carbons (Fsp3) is 0.609. The molecule has 0 radical (unpaired) electrons. The maximum Gasteiger partial charge on any atom is 0.289 e. The first-order chi connectivity index (χ1) is 14.2. The number of ether oxygens (including phenoxy) is 3. The number of carbonyl (C=O) groups is 1. The number of rotatable bonds is 9. The monoisotopic (exact) mass is 398 g/mol. The fourth-order valence-electron chi connectivity index (χ4n) is 4.38. The normalized spacial score (nSPS) is 27.6. The largest absolute Gasteiger partial charge is 0.452 e. The van der Waals surface area contributed by atoms with E-state index in [2.05, 4.69) is 17.0 Å². The van der Waals surface area contributed by atoms with Gasteiger partial charge in [0, 0.05) is 39.3 Å². The summed E-state index contributed by atoms with van der Waals surface area (Å²) in [5, 5.41) is 0. The lowest BCUT2D eigenvalue weighted by molar-refractivity contribution is -0.135. The van der Waals surface area contributed by atoms with Crippen LogP contribution >= 0.6 is 0 Å². The lowest BCUT2D eigenvalue weighted by atomic mass is 9.88. The molecule has 1 saturated heterocycles. The number of benzene rings is 1. The van der Waals surface area contributed by atoms with E-state index < -0.39 is 0 Å². The van der Waals surface area contributed by atoms with E-state index >= 15 is 0 Å². The predicted molar refractivity (Wildman–Crippen MR) is 109 cm³/mol. The summed E-state index contributed by atoms with van der Waals surface area (Å²) >= 11 is 0. The highest BCUT2D eigenvalue weighted by Gasteiger charge is 2.40. The molecule has 6 nitrogen and oxygen atoms in total. The minimum Gasteiger partial charge on any atom is -0.452 e. The van der Waals surface area contributed by atoms with Crippen LogP contribution in [0.15, 0.2) is 36.1 Å². The van der Waals surface area contributed by atoms with Crippen molar-refractivity contribution >= 4 is 5.91 Å². The molecule has 6 heteroatoms. The first kappa shape index (κ1) is 19.1. The lowest BCUT2D eigenvalue weighted by Gasteiger charge is -2.42. The second-order valence-electron chi connectivity index (χ2n) is 8.71. The van der Waals surface area contributed by atoms with Gasteiger partial charge >= 0.3 is 0 Å². The van der Waals surface area contributed by atoms with E-state index in [9.17, 15) is 4.79 Å². The Balaban J connectivity index is 1.02. The van der Waals surface area contributed by atoms with Crippen LogP contribution in [-0.4, -0.2) is 73.9 Å². The molecule has 5 rings (SSSR count). The Morgan fingerprint density at radius 2 is 1.83 bits per heavy atom. The molecule has 2 heterocycles. The van der Waals surface area contributed by atoms with Gasteiger partial charge in [0.1, 0.15) is 5.75 Å². The number of carbonyl (C=O) groups excluding carboxylic acids is 1. The summed E-state index contributed by atoms with van der Waals surface area (Å²) in [5.74, 6) is 1.94. The molecule has 3 fully saturated rings. The van der Waals surface area contributed by atoms with Crippen molar-refractivity contribution in [1.82, 2.24) is 9.80 Å². The zero-order valence-electron chi connectivity index (χ0n) is 17.1. The second-order valence-corrected chi connectivity index (χ2v) is 8.71. The Morgan fingerprint density at radius 1 is 1.07 bits per heavy atom. The van der Waals surface area contributed by atoms with Crippen molar-refractivity contribution in [2.45, 2.75) is 49.9 Å². The summed E-state index contributed by atoms with van der Waals surface area (Å²) in [5.41, 5.74) is 1.37. The van der Waals surface area contributed by atoms with Crippen LogP contribution in [-0.2, 0) is 14.3 Å². The molecule has 2 aliphatic carbocycles. The Bertz CT molecular complexity index is 762. The van der Waals surface area contributed by atoms with Crippen molar-refractivity contribution in [2.75, 3.05) is 39.9 Å². The van der Waals surface area contributed by atoms with Crippen LogP contribution < -0.4 is 4.74 Å². The van der Waals surface area contributed by atoms with Crippen LogP contribution in [0.1, 0.15) is 37.2 Å². The molecule has 0 unspecified atom stereocenters. The van der Waals surface area contributed by atoms with E-state index in [0.717, 1.165) is 50.8 Å². The van der Waals surface area contributed by atoms with E-state index in [1.54, 1.807) is 7.11 Å². The zero-order chi connectivity index (χ0) is 19.8. The Kier molecular flexibility index (Phi) is 5.33. The predicted octanol–water partition coefficient (Wildman–Crippen LogP) is 2.55. The SMILES string of the molecule is COC1CN(CCOC2CC(N3CC=C(Oc4ccc(C5CC5)cc4)C3=O)C2)C1. The quantitative estimate of drug-likeness (QED) is 0.640. The Morgan fingerprint density at radius 3 is 2.52 bits per heavy atom. The van der Waals surface area contributed by atoms with Crippen molar-refractivity contribution in [3.63, 3.8) is 0 Å². The van der Waals surface area contributed by atoms with E-state index in [1.165, 1.54) is 18.4 Å². The summed E-state index contributed by atoms with van der Waals surface area (Å²) in [6.45, 7) is 4.37. The fourth-order valence-corrected chi connectivity index (χ4v) is 4.38. The van der Waals surface area contributed by atoms with Crippen LogP contribution in [0.5, 0.6) is 5.75 Å². The van der Waals surface area contributed by atoms with Gasteiger partial charge in [-0.15, -0.1) is 0 Å². The summed E-state index contributed by atoms with van der Waals surface area (Å²) in [7, 11) is 1.77. The molecule has 0 N–H and O–H groups in total. The number of hydrogen-bond acceptors (Lipinski definition) is 5. The summed E-state index contributed by atoms with van der Waals surface area (Å²) in [6, 6.07) is 8.46. The van der Waals surface area contributed by atoms with Crippen LogP contribution in [0, 0.1) is 0 Å². The highest BCUT2D eigenvalue weighted by atomic mass is 16.5. The average molecular weight is 399 g/mol. The van der Waals surface area contributed by atoms with Gasteiger partial charge in [-0.1, -0.05) is 12.1 Å². The molecule has 0 spiro atoms. The first-order valence-electron chi connectivity index (χ1n) is 10.9. The third-order valence-corrected chi connectivity index (χ3v) is 6.63. The molecule has 2 saturated carbocycles. The third-order valence-electron chi connectivity index (χ3n) is 6.63. The van der Waals surface area contributed by atoms with Gasteiger partial charge in [-0.05, 0) is 55.4 Å². The molecule has 4 aliphatic rings. The van der Waals surface area contributed by atoms with Crippen molar-refractivity contribution in [3.05, 3.63) is 41.7 Å². The van der Waals surface area contributed by atoms with Gasteiger partial charge in [0.05, 0.1) is 18.8 Å². The van der Waals surface area contributed by atoms with E-state index in [0.29, 0.717) is 18.4 Å². The topological polar surface area (TPSA) is 51.2 Å². The molecule has 1 amide bonds. The number of hydrogen-bond donors (Lipinski definition) is 0. The molecule has 1 aromatic carbocycles. The molecule has 0 bridgehead atoms.